The van der Waals surface area contributed by atoms with E-state index in [4.69, 9.17) is 5.73 Å². The van der Waals surface area contributed by atoms with Gasteiger partial charge >= 0.3 is 0 Å². The summed E-state index contributed by atoms with van der Waals surface area (Å²) in [5.41, 5.74) is 10.1. The summed E-state index contributed by atoms with van der Waals surface area (Å²) in [5.74, 6) is 0. The van der Waals surface area contributed by atoms with Gasteiger partial charge in [-0.15, -0.1) is 0 Å². The predicted octanol–water partition coefficient (Wildman–Crippen LogP) is 2.88. The first kappa shape index (κ1) is 11.1. The number of anilines is 1. The van der Waals surface area contributed by atoms with E-state index in [9.17, 15) is 0 Å². The largest absolute Gasteiger partial charge is 0.395 e. The van der Waals surface area contributed by atoms with Gasteiger partial charge in [0.15, 0.2) is 0 Å². The van der Waals surface area contributed by atoms with Gasteiger partial charge in [0.1, 0.15) is 5.69 Å². The van der Waals surface area contributed by atoms with Crippen LogP contribution in [0.2, 0.25) is 0 Å². The van der Waals surface area contributed by atoms with Crippen LogP contribution in [0.1, 0.15) is 11.1 Å². The average Bonchev–Trinajstić information content (AvgIpc) is 2.23. The first-order valence-corrected chi connectivity index (χ1v) is 4.41. The van der Waals surface area contributed by atoms with Crippen LogP contribution in [0.4, 0.5) is 22.7 Å². The highest BCUT2D eigenvalue weighted by Gasteiger charge is 2.15. The standard InChI is InChI=1S/C11H14N4/c1-6-7(2)10(14-4)11(15-5)8(12)9(6)13-3/h3-5,12H2,1-2H3. The minimum absolute atomic E-state index is 0.450. The van der Waals surface area contributed by atoms with Crippen molar-refractivity contribution in [1.82, 2.24) is 0 Å². The Hall–Kier alpha value is -1.97. The molecule has 4 nitrogen and oxygen atoms in total. The molecule has 1 rings (SSSR count). The van der Waals surface area contributed by atoms with Crippen LogP contribution in [-0.4, -0.2) is 20.2 Å². The summed E-state index contributed by atoms with van der Waals surface area (Å²) in [4.78, 5) is 11.7. The van der Waals surface area contributed by atoms with E-state index in [1.54, 1.807) is 0 Å². The van der Waals surface area contributed by atoms with Crippen LogP contribution >= 0.6 is 0 Å². The van der Waals surface area contributed by atoms with E-state index in [1.165, 1.54) is 0 Å². The molecule has 0 atom stereocenters. The molecular weight excluding hydrogens is 188 g/mol. The molecule has 2 N–H and O–H groups in total. The third-order valence-corrected chi connectivity index (χ3v) is 2.48. The number of aliphatic imine (C=N–C) groups is 3. The van der Waals surface area contributed by atoms with Crippen molar-refractivity contribution in [2.24, 2.45) is 15.0 Å². The van der Waals surface area contributed by atoms with Crippen molar-refractivity contribution in [3.05, 3.63) is 11.1 Å². The topological polar surface area (TPSA) is 63.1 Å². The Balaban J connectivity index is 3.80. The maximum absolute atomic E-state index is 5.90. The minimum Gasteiger partial charge on any atom is -0.395 e. The van der Waals surface area contributed by atoms with Crippen LogP contribution in [0, 0.1) is 13.8 Å². The smallest absolute Gasteiger partial charge is 0.113 e. The van der Waals surface area contributed by atoms with Gasteiger partial charge in [-0.2, -0.15) is 0 Å². The molecule has 1 aromatic carbocycles. The first-order chi connectivity index (χ1) is 7.08. The van der Waals surface area contributed by atoms with Gasteiger partial charge in [0, 0.05) is 0 Å². The molecule has 0 aliphatic carbocycles. The van der Waals surface area contributed by atoms with Gasteiger partial charge in [-0.3, -0.25) is 15.0 Å². The summed E-state index contributed by atoms with van der Waals surface area (Å²) in [6, 6.07) is 0. The average molecular weight is 202 g/mol. The molecule has 0 radical (unpaired) electrons. The number of hydrogen-bond acceptors (Lipinski definition) is 4. The van der Waals surface area contributed by atoms with E-state index in [0.717, 1.165) is 11.1 Å². The van der Waals surface area contributed by atoms with Gasteiger partial charge in [0.05, 0.1) is 17.1 Å². The van der Waals surface area contributed by atoms with Crippen LogP contribution in [0.5, 0.6) is 0 Å². The van der Waals surface area contributed by atoms with E-state index in [-0.39, 0.29) is 0 Å². The molecule has 4 heteroatoms. The van der Waals surface area contributed by atoms with E-state index in [0.29, 0.717) is 22.7 Å². The lowest BCUT2D eigenvalue weighted by molar-refractivity contribution is 1.29. The molecule has 0 saturated carbocycles. The maximum Gasteiger partial charge on any atom is 0.113 e. The second kappa shape index (κ2) is 4.04. The van der Waals surface area contributed by atoms with Crippen molar-refractivity contribution in [3.63, 3.8) is 0 Å². The van der Waals surface area contributed by atoms with Gasteiger partial charge < -0.3 is 5.73 Å². The SMILES string of the molecule is C=Nc1c(C)c(C)c(N=C)c(N=C)c1N. The Labute approximate surface area is 89.3 Å². The summed E-state index contributed by atoms with van der Waals surface area (Å²) < 4.78 is 0. The van der Waals surface area contributed by atoms with Gasteiger partial charge in [0.2, 0.25) is 0 Å². The van der Waals surface area contributed by atoms with Crippen LogP contribution < -0.4 is 5.73 Å². The molecule has 0 aliphatic rings. The summed E-state index contributed by atoms with van der Waals surface area (Å²) in [6.07, 6.45) is 0. The van der Waals surface area contributed by atoms with Gasteiger partial charge in [-0.25, -0.2) is 0 Å². The zero-order chi connectivity index (χ0) is 11.6. The normalized spacial score (nSPS) is 9.73. The Kier molecular flexibility index (Phi) is 2.99. The van der Waals surface area contributed by atoms with Gasteiger partial charge in [-0.1, -0.05) is 0 Å². The first-order valence-electron chi connectivity index (χ1n) is 4.41. The molecule has 0 saturated heterocycles. The van der Waals surface area contributed by atoms with Crippen molar-refractivity contribution in [1.29, 1.82) is 0 Å². The molecule has 0 aliphatic heterocycles. The number of nitrogen functional groups attached to an aromatic ring is 1. The van der Waals surface area contributed by atoms with Gasteiger partial charge in [0.25, 0.3) is 0 Å². The van der Waals surface area contributed by atoms with Gasteiger partial charge in [-0.05, 0) is 45.1 Å². The molecule has 15 heavy (non-hydrogen) atoms. The number of hydrogen-bond donors (Lipinski definition) is 1. The van der Waals surface area contributed by atoms with E-state index < -0.39 is 0 Å². The predicted molar refractivity (Wildman–Crippen MR) is 68.0 cm³/mol. The fourth-order valence-electron chi connectivity index (χ4n) is 1.53. The van der Waals surface area contributed by atoms with Crippen LogP contribution in [0.25, 0.3) is 0 Å². The van der Waals surface area contributed by atoms with Crippen LogP contribution in [0.3, 0.4) is 0 Å². The lowest BCUT2D eigenvalue weighted by atomic mass is 10.0. The summed E-state index contributed by atoms with van der Waals surface area (Å²) in [6.45, 7) is 14.3. The Morgan fingerprint density at radius 1 is 0.800 bits per heavy atom. The second-order valence-corrected chi connectivity index (χ2v) is 3.18. The van der Waals surface area contributed by atoms with Crippen LogP contribution in [-0.2, 0) is 0 Å². The van der Waals surface area contributed by atoms with Crippen molar-refractivity contribution in [2.75, 3.05) is 5.73 Å². The molecule has 0 fully saturated rings. The third-order valence-electron chi connectivity index (χ3n) is 2.48. The number of benzene rings is 1. The molecular formula is C11H14N4. The number of rotatable bonds is 3. The second-order valence-electron chi connectivity index (χ2n) is 3.18. The van der Waals surface area contributed by atoms with Crippen molar-refractivity contribution >= 4 is 42.9 Å². The quantitative estimate of drug-likeness (QED) is 0.594. The lowest BCUT2D eigenvalue weighted by Gasteiger charge is -2.13. The van der Waals surface area contributed by atoms with Crippen LogP contribution in [0.15, 0.2) is 15.0 Å². The minimum atomic E-state index is 0.450. The molecule has 0 amide bonds. The van der Waals surface area contributed by atoms with E-state index in [2.05, 4.69) is 35.1 Å². The Bertz CT molecular complexity index is 447. The van der Waals surface area contributed by atoms with Crippen molar-refractivity contribution < 1.29 is 0 Å². The molecule has 1 aromatic rings. The summed E-state index contributed by atoms with van der Waals surface area (Å²) >= 11 is 0. The molecule has 0 heterocycles. The molecule has 0 bridgehead atoms. The molecule has 78 valence electrons. The molecule has 0 spiro atoms. The number of nitrogens with two attached hydrogens (primary N) is 1. The van der Waals surface area contributed by atoms with E-state index in [1.807, 2.05) is 13.8 Å². The Morgan fingerprint density at radius 2 is 1.20 bits per heavy atom. The fourth-order valence-corrected chi connectivity index (χ4v) is 1.53. The third kappa shape index (κ3) is 1.54. The number of nitrogens with zero attached hydrogens (tertiary/aromatic N) is 3. The molecule has 0 aromatic heterocycles. The highest BCUT2D eigenvalue weighted by molar-refractivity contribution is 5.91. The zero-order valence-corrected chi connectivity index (χ0v) is 9.04. The maximum atomic E-state index is 5.90. The summed E-state index contributed by atoms with van der Waals surface area (Å²) in [5, 5.41) is 0. The molecule has 0 unspecified atom stereocenters. The zero-order valence-electron chi connectivity index (χ0n) is 9.04. The van der Waals surface area contributed by atoms with Crippen molar-refractivity contribution in [3.8, 4) is 0 Å². The highest BCUT2D eigenvalue weighted by atomic mass is 14.9. The lowest BCUT2D eigenvalue weighted by Crippen LogP contribution is -1.93. The fraction of sp³-hybridized carbons (Fsp3) is 0.182. The Morgan fingerprint density at radius 3 is 1.60 bits per heavy atom. The monoisotopic (exact) mass is 202 g/mol. The summed E-state index contributed by atoms with van der Waals surface area (Å²) in [7, 11) is 0. The van der Waals surface area contributed by atoms with Crippen molar-refractivity contribution in [2.45, 2.75) is 13.8 Å². The highest BCUT2D eigenvalue weighted by Crippen LogP contribution is 2.45. The van der Waals surface area contributed by atoms with E-state index >= 15 is 0 Å².